The number of ketones is 2. The van der Waals surface area contributed by atoms with Gasteiger partial charge in [-0.1, -0.05) is 0 Å². The summed E-state index contributed by atoms with van der Waals surface area (Å²) in [6.45, 7) is 7.16. The van der Waals surface area contributed by atoms with Crippen LogP contribution in [-0.4, -0.2) is 24.7 Å². The highest BCUT2D eigenvalue weighted by Gasteiger charge is 2.30. The Labute approximate surface area is 113 Å². The molecule has 1 N–H and O–H groups in total. The second-order valence-electron chi connectivity index (χ2n) is 3.43. The van der Waals surface area contributed by atoms with Crippen LogP contribution in [0.25, 0.3) is 0 Å². The van der Waals surface area contributed by atoms with Gasteiger partial charge in [0.15, 0.2) is 5.78 Å². The second kappa shape index (κ2) is 6.83. The van der Waals surface area contributed by atoms with Crippen molar-refractivity contribution >= 4 is 38.8 Å². The fourth-order valence-corrected chi connectivity index (χ4v) is 3.17. The first-order valence-electron chi connectivity index (χ1n) is 5.21. The van der Waals surface area contributed by atoms with Crippen LogP contribution < -0.4 is 5.32 Å². The van der Waals surface area contributed by atoms with Crippen LogP contribution in [0.5, 0.6) is 0 Å². The Bertz CT molecular complexity index is 416. The van der Waals surface area contributed by atoms with E-state index in [1.807, 2.05) is 11.4 Å². The molecule has 0 saturated carbocycles. The zero-order chi connectivity index (χ0) is 12.8. The first-order valence-corrected chi connectivity index (χ1v) is 6.88. The predicted molar refractivity (Wildman–Crippen MR) is 73.6 cm³/mol. The van der Waals surface area contributed by atoms with E-state index >= 15 is 0 Å². The number of nitrogens with one attached hydrogen (secondary N) is 1. The Morgan fingerprint density at radius 1 is 1.53 bits per heavy atom. The van der Waals surface area contributed by atoms with E-state index in [4.69, 9.17) is 0 Å². The van der Waals surface area contributed by atoms with Crippen molar-refractivity contribution in [3.8, 4) is 0 Å². The Morgan fingerprint density at radius 2 is 2.24 bits per heavy atom. The van der Waals surface area contributed by atoms with Crippen LogP contribution in [0.2, 0.25) is 0 Å². The zero-order valence-corrected chi connectivity index (χ0v) is 11.8. The minimum absolute atomic E-state index is 0.0547. The van der Waals surface area contributed by atoms with Crippen molar-refractivity contribution in [2.45, 2.75) is 6.42 Å². The van der Waals surface area contributed by atoms with Gasteiger partial charge in [0.25, 0.3) is 0 Å². The summed E-state index contributed by atoms with van der Waals surface area (Å²) >= 11 is 4.69. The molecule has 0 bridgehead atoms. The maximum Gasteiger partial charge on any atom is 0.185 e. The highest BCUT2D eigenvalue weighted by atomic mass is 79.9. The molecule has 2 heterocycles. The van der Waals surface area contributed by atoms with Crippen LogP contribution in [0.1, 0.15) is 16.1 Å². The molecule has 0 spiro atoms. The van der Waals surface area contributed by atoms with Gasteiger partial charge in [-0.15, -0.1) is 24.5 Å². The van der Waals surface area contributed by atoms with E-state index in [0.717, 1.165) is 4.47 Å². The molecule has 1 fully saturated rings. The summed E-state index contributed by atoms with van der Waals surface area (Å²) in [6, 6.07) is 1.83. The molecular formula is C12H14BrNO2S. The van der Waals surface area contributed by atoms with Crippen molar-refractivity contribution in [2.75, 3.05) is 13.1 Å². The van der Waals surface area contributed by atoms with Crippen molar-refractivity contribution < 1.29 is 9.59 Å². The van der Waals surface area contributed by atoms with Gasteiger partial charge in [-0.25, -0.2) is 0 Å². The molecule has 1 atom stereocenters. The number of halogens is 1. The summed E-state index contributed by atoms with van der Waals surface area (Å²) in [7, 11) is 0. The van der Waals surface area contributed by atoms with E-state index in [0.29, 0.717) is 24.4 Å². The minimum Gasteiger partial charge on any atom is -0.315 e. The molecular weight excluding hydrogens is 302 g/mol. The van der Waals surface area contributed by atoms with Crippen LogP contribution in [0.3, 0.4) is 0 Å². The SMILES string of the molecule is C=C.O=C1CCNCC1C(=O)c1sccc1Br. The van der Waals surface area contributed by atoms with Gasteiger partial charge in [0.1, 0.15) is 5.78 Å². The third kappa shape index (κ3) is 3.34. The number of carbonyl (C=O) groups is 2. The van der Waals surface area contributed by atoms with Gasteiger partial charge in [0, 0.05) is 24.0 Å². The first kappa shape index (κ1) is 14.3. The van der Waals surface area contributed by atoms with Crippen LogP contribution in [-0.2, 0) is 4.79 Å². The zero-order valence-electron chi connectivity index (χ0n) is 9.37. The van der Waals surface area contributed by atoms with E-state index in [9.17, 15) is 9.59 Å². The fraction of sp³-hybridized carbons (Fsp3) is 0.333. The Hall–Kier alpha value is -0.780. The molecule has 1 aromatic rings. The molecule has 1 aromatic heterocycles. The van der Waals surface area contributed by atoms with Gasteiger partial charge >= 0.3 is 0 Å². The maximum absolute atomic E-state index is 12.0. The molecule has 92 valence electrons. The van der Waals surface area contributed by atoms with Gasteiger partial charge in [-0.05, 0) is 27.4 Å². The molecule has 1 aliphatic rings. The number of Topliss-reactive ketones (excluding diaryl/α,β-unsaturated/α-hetero) is 2. The average Bonchev–Trinajstić information content (AvgIpc) is 2.78. The lowest BCUT2D eigenvalue weighted by Gasteiger charge is -2.19. The fourth-order valence-electron chi connectivity index (χ4n) is 1.61. The third-order valence-corrected chi connectivity index (χ3v) is 4.30. The summed E-state index contributed by atoms with van der Waals surface area (Å²) in [5.74, 6) is -0.498. The summed E-state index contributed by atoms with van der Waals surface area (Å²) < 4.78 is 0.788. The van der Waals surface area contributed by atoms with E-state index in [2.05, 4.69) is 34.4 Å². The quantitative estimate of drug-likeness (QED) is 0.518. The topological polar surface area (TPSA) is 46.2 Å². The van der Waals surface area contributed by atoms with Crippen molar-refractivity contribution in [1.29, 1.82) is 0 Å². The molecule has 0 aliphatic carbocycles. The van der Waals surface area contributed by atoms with E-state index in [1.165, 1.54) is 11.3 Å². The van der Waals surface area contributed by atoms with Crippen molar-refractivity contribution in [1.82, 2.24) is 5.32 Å². The summed E-state index contributed by atoms with van der Waals surface area (Å²) in [4.78, 5) is 24.2. The number of hydrogen-bond donors (Lipinski definition) is 1. The lowest BCUT2D eigenvalue weighted by atomic mass is 9.93. The van der Waals surface area contributed by atoms with Crippen LogP contribution in [0.15, 0.2) is 29.1 Å². The van der Waals surface area contributed by atoms with E-state index in [-0.39, 0.29) is 11.6 Å². The Balaban J connectivity index is 0.000000686. The van der Waals surface area contributed by atoms with Crippen LogP contribution in [0.4, 0.5) is 0 Å². The number of hydrogen-bond acceptors (Lipinski definition) is 4. The van der Waals surface area contributed by atoms with Crippen molar-refractivity contribution in [2.24, 2.45) is 5.92 Å². The Morgan fingerprint density at radius 3 is 2.76 bits per heavy atom. The molecule has 2 rings (SSSR count). The largest absolute Gasteiger partial charge is 0.315 e. The molecule has 5 heteroatoms. The summed E-state index contributed by atoms with van der Waals surface area (Å²) in [5.41, 5.74) is 0. The maximum atomic E-state index is 12.0. The number of thiophene rings is 1. The molecule has 0 aromatic carbocycles. The molecule has 0 radical (unpaired) electrons. The number of carbonyl (C=O) groups excluding carboxylic acids is 2. The smallest absolute Gasteiger partial charge is 0.185 e. The first-order chi connectivity index (χ1) is 8.20. The second-order valence-corrected chi connectivity index (χ2v) is 5.21. The molecule has 1 saturated heterocycles. The predicted octanol–water partition coefficient (Wildman–Crippen LogP) is 2.67. The molecule has 0 amide bonds. The van der Waals surface area contributed by atoms with Crippen molar-refractivity contribution in [3.05, 3.63) is 34.0 Å². The molecule has 3 nitrogen and oxygen atoms in total. The monoisotopic (exact) mass is 315 g/mol. The number of piperidine rings is 1. The standard InChI is InChI=1S/C10H10BrNO2S.C2H4/c11-7-2-4-15-10(7)9(14)6-5-12-3-1-8(6)13;1-2/h2,4,6,12H,1,3,5H2;1-2H2. The lowest BCUT2D eigenvalue weighted by molar-refractivity contribution is -0.122. The highest BCUT2D eigenvalue weighted by molar-refractivity contribution is 9.10. The van der Waals surface area contributed by atoms with Gasteiger partial charge in [-0.3, -0.25) is 9.59 Å². The van der Waals surface area contributed by atoms with Gasteiger partial charge in [-0.2, -0.15) is 0 Å². The molecule has 17 heavy (non-hydrogen) atoms. The highest BCUT2D eigenvalue weighted by Crippen LogP contribution is 2.26. The lowest BCUT2D eigenvalue weighted by Crippen LogP contribution is -2.41. The minimum atomic E-state index is -0.492. The molecule has 1 aliphatic heterocycles. The normalized spacial score (nSPS) is 19.4. The average molecular weight is 316 g/mol. The Kier molecular flexibility index (Phi) is 5.74. The van der Waals surface area contributed by atoms with Crippen LogP contribution in [0, 0.1) is 5.92 Å². The van der Waals surface area contributed by atoms with Gasteiger partial charge in [0.05, 0.1) is 10.8 Å². The summed E-state index contributed by atoms with van der Waals surface area (Å²) in [6.07, 6.45) is 0.458. The van der Waals surface area contributed by atoms with E-state index in [1.54, 1.807) is 0 Å². The third-order valence-electron chi connectivity index (χ3n) is 2.44. The number of rotatable bonds is 2. The van der Waals surface area contributed by atoms with Crippen LogP contribution >= 0.6 is 27.3 Å². The van der Waals surface area contributed by atoms with E-state index < -0.39 is 5.92 Å². The van der Waals surface area contributed by atoms with Crippen molar-refractivity contribution in [3.63, 3.8) is 0 Å². The van der Waals surface area contributed by atoms with Gasteiger partial charge < -0.3 is 5.32 Å². The molecule has 1 unspecified atom stereocenters. The van der Waals surface area contributed by atoms with Gasteiger partial charge in [0.2, 0.25) is 0 Å². The summed E-state index contributed by atoms with van der Waals surface area (Å²) in [5, 5.41) is 4.92.